The van der Waals surface area contributed by atoms with Crippen LogP contribution in [-0.2, 0) is 24.0 Å². The first-order valence-electron chi connectivity index (χ1n) is 11.9. The Bertz CT molecular complexity index is 800. The Labute approximate surface area is 210 Å². The fourth-order valence-corrected chi connectivity index (χ4v) is 3.26. The van der Waals surface area contributed by atoms with Crippen molar-refractivity contribution < 1.29 is 34.2 Å². The Morgan fingerprint density at radius 1 is 0.889 bits per heavy atom. The molecule has 206 valence electrons. The number of guanidine groups is 1. The van der Waals surface area contributed by atoms with Gasteiger partial charge in [0, 0.05) is 6.54 Å². The molecule has 0 heterocycles. The number of nitrogens with zero attached hydrogens (tertiary/aromatic N) is 1. The molecule has 0 saturated heterocycles. The van der Waals surface area contributed by atoms with E-state index in [1.807, 2.05) is 13.8 Å². The highest BCUT2D eigenvalue weighted by Gasteiger charge is 2.33. The smallest absolute Gasteiger partial charge is 0.326 e. The Kier molecular flexibility index (Phi) is 14.7. The second-order valence-corrected chi connectivity index (χ2v) is 9.12. The molecule has 0 aliphatic carbocycles. The number of aliphatic imine (C=N–C) groups is 1. The first kappa shape index (κ1) is 32.6. The predicted molar refractivity (Wildman–Crippen MR) is 132 cm³/mol. The number of hydrogen-bond acceptors (Lipinski definition) is 7. The van der Waals surface area contributed by atoms with E-state index in [0.29, 0.717) is 12.8 Å². The van der Waals surface area contributed by atoms with Gasteiger partial charge >= 0.3 is 11.9 Å². The summed E-state index contributed by atoms with van der Waals surface area (Å²) in [6.45, 7) is 7.43. The number of carboxylic acid groups (broad SMARTS) is 2. The van der Waals surface area contributed by atoms with E-state index in [2.05, 4.69) is 20.9 Å². The standard InChI is InChI=1S/C22H41N7O7/c1-5-12(4)17(29-18(32)13(23)9-11(2)3)20(34)28-15(10-16(30)31)19(33)27-14(21(35)36)7-6-8-26-22(24)25/h11-15,17H,5-10,23H2,1-4H3,(H,27,33)(H,28,34)(H,29,32)(H,30,31)(H,35,36)(H4,24,25,26). The summed E-state index contributed by atoms with van der Waals surface area (Å²) in [7, 11) is 0. The van der Waals surface area contributed by atoms with Gasteiger partial charge in [0.15, 0.2) is 5.96 Å². The normalized spacial score (nSPS) is 15.1. The number of amides is 3. The largest absolute Gasteiger partial charge is 0.481 e. The summed E-state index contributed by atoms with van der Waals surface area (Å²) in [4.78, 5) is 64.9. The predicted octanol–water partition coefficient (Wildman–Crippen LogP) is -1.53. The lowest BCUT2D eigenvalue weighted by atomic mass is 9.96. The zero-order chi connectivity index (χ0) is 28.0. The third kappa shape index (κ3) is 12.9. The molecule has 14 nitrogen and oxygen atoms in total. The van der Waals surface area contributed by atoms with E-state index in [9.17, 15) is 34.2 Å². The van der Waals surface area contributed by atoms with Gasteiger partial charge in [0.05, 0.1) is 12.5 Å². The molecule has 0 spiro atoms. The molecular formula is C22H41N7O7. The van der Waals surface area contributed by atoms with Crippen molar-refractivity contribution in [1.82, 2.24) is 16.0 Å². The number of aliphatic carboxylic acids is 2. The monoisotopic (exact) mass is 515 g/mol. The Balaban J connectivity index is 5.53. The molecule has 0 radical (unpaired) electrons. The van der Waals surface area contributed by atoms with Gasteiger partial charge in [-0.05, 0) is 31.1 Å². The summed E-state index contributed by atoms with van der Waals surface area (Å²) in [5.41, 5.74) is 16.3. The third-order valence-corrected chi connectivity index (χ3v) is 5.43. The van der Waals surface area contributed by atoms with Crippen molar-refractivity contribution in [2.45, 2.75) is 84.0 Å². The van der Waals surface area contributed by atoms with Crippen LogP contribution in [0.2, 0.25) is 0 Å². The van der Waals surface area contributed by atoms with Crippen LogP contribution >= 0.6 is 0 Å². The lowest BCUT2D eigenvalue weighted by Gasteiger charge is -2.27. The number of nitrogens with one attached hydrogen (secondary N) is 3. The average Bonchev–Trinajstić information content (AvgIpc) is 2.76. The molecule has 14 heteroatoms. The van der Waals surface area contributed by atoms with Crippen molar-refractivity contribution in [3.8, 4) is 0 Å². The van der Waals surface area contributed by atoms with E-state index < -0.39 is 60.2 Å². The maximum Gasteiger partial charge on any atom is 0.326 e. The van der Waals surface area contributed by atoms with Crippen molar-refractivity contribution in [2.24, 2.45) is 34.0 Å². The minimum Gasteiger partial charge on any atom is -0.481 e. The molecule has 0 saturated carbocycles. The quantitative estimate of drug-likeness (QED) is 0.0630. The van der Waals surface area contributed by atoms with Crippen molar-refractivity contribution in [2.75, 3.05) is 6.54 Å². The Morgan fingerprint density at radius 2 is 1.47 bits per heavy atom. The van der Waals surface area contributed by atoms with Crippen LogP contribution in [0.1, 0.15) is 59.8 Å². The van der Waals surface area contributed by atoms with Gasteiger partial charge in [0.2, 0.25) is 17.7 Å². The van der Waals surface area contributed by atoms with Crippen molar-refractivity contribution in [3.63, 3.8) is 0 Å². The van der Waals surface area contributed by atoms with E-state index in [0.717, 1.165) is 0 Å². The van der Waals surface area contributed by atoms with Gasteiger partial charge in [0.25, 0.3) is 0 Å². The van der Waals surface area contributed by atoms with Crippen LogP contribution in [0, 0.1) is 11.8 Å². The van der Waals surface area contributed by atoms with Gasteiger partial charge in [-0.3, -0.25) is 24.2 Å². The molecule has 0 aromatic rings. The minimum atomic E-state index is -1.58. The highest BCUT2D eigenvalue weighted by Crippen LogP contribution is 2.11. The van der Waals surface area contributed by atoms with Crippen molar-refractivity contribution in [1.29, 1.82) is 0 Å². The summed E-state index contributed by atoms with van der Waals surface area (Å²) in [5, 5.41) is 25.8. The number of hydrogen-bond donors (Lipinski definition) is 8. The zero-order valence-electron chi connectivity index (χ0n) is 21.3. The lowest BCUT2D eigenvalue weighted by Crippen LogP contribution is -2.59. The second-order valence-electron chi connectivity index (χ2n) is 9.12. The summed E-state index contributed by atoms with van der Waals surface area (Å²) in [6, 6.07) is -4.88. The number of carboxylic acids is 2. The number of carbonyl (C=O) groups excluding carboxylic acids is 3. The molecule has 5 unspecified atom stereocenters. The molecule has 36 heavy (non-hydrogen) atoms. The molecule has 0 aromatic carbocycles. The molecule has 0 bridgehead atoms. The van der Waals surface area contributed by atoms with Gasteiger partial charge in [-0.25, -0.2) is 4.79 Å². The van der Waals surface area contributed by atoms with Crippen LogP contribution < -0.4 is 33.2 Å². The lowest BCUT2D eigenvalue weighted by molar-refractivity contribution is -0.144. The molecule has 0 rings (SSSR count). The highest BCUT2D eigenvalue weighted by atomic mass is 16.4. The maximum absolute atomic E-state index is 13.0. The number of rotatable bonds is 17. The summed E-state index contributed by atoms with van der Waals surface area (Å²) >= 11 is 0. The highest BCUT2D eigenvalue weighted by molar-refractivity contribution is 5.95. The molecule has 5 atom stereocenters. The fourth-order valence-electron chi connectivity index (χ4n) is 3.26. The van der Waals surface area contributed by atoms with Crippen molar-refractivity contribution >= 4 is 35.6 Å². The van der Waals surface area contributed by atoms with Crippen LogP contribution in [0.25, 0.3) is 0 Å². The number of carbonyl (C=O) groups is 5. The van der Waals surface area contributed by atoms with Crippen LogP contribution in [0.3, 0.4) is 0 Å². The summed E-state index contributed by atoms with van der Waals surface area (Å²) in [6.07, 6.45) is 0.273. The topological polar surface area (TPSA) is 252 Å². The maximum atomic E-state index is 13.0. The second kappa shape index (κ2) is 16.3. The number of nitrogens with two attached hydrogens (primary N) is 3. The molecule has 11 N–H and O–H groups in total. The minimum absolute atomic E-state index is 0.0368. The van der Waals surface area contributed by atoms with Gasteiger partial charge in [0.1, 0.15) is 18.1 Å². The molecule has 3 amide bonds. The summed E-state index contributed by atoms with van der Waals surface area (Å²) < 4.78 is 0. The third-order valence-electron chi connectivity index (χ3n) is 5.43. The first-order chi connectivity index (χ1) is 16.7. The first-order valence-corrected chi connectivity index (χ1v) is 11.9. The van der Waals surface area contributed by atoms with E-state index in [1.54, 1.807) is 13.8 Å². The van der Waals surface area contributed by atoms with Gasteiger partial charge < -0.3 is 43.4 Å². The molecular weight excluding hydrogens is 474 g/mol. The van der Waals surface area contributed by atoms with Gasteiger partial charge in [-0.1, -0.05) is 34.1 Å². The zero-order valence-corrected chi connectivity index (χ0v) is 21.3. The van der Waals surface area contributed by atoms with Gasteiger partial charge in [-0.2, -0.15) is 0 Å². The molecule has 0 aliphatic heterocycles. The van der Waals surface area contributed by atoms with Crippen LogP contribution in [0.15, 0.2) is 4.99 Å². The van der Waals surface area contributed by atoms with E-state index in [1.165, 1.54) is 0 Å². The molecule has 0 fully saturated rings. The van der Waals surface area contributed by atoms with Crippen LogP contribution in [0.5, 0.6) is 0 Å². The van der Waals surface area contributed by atoms with E-state index in [4.69, 9.17) is 17.2 Å². The molecule has 0 aromatic heterocycles. The molecule has 0 aliphatic rings. The fraction of sp³-hybridized carbons (Fsp3) is 0.727. The van der Waals surface area contributed by atoms with E-state index in [-0.39, 0.29) is 37.2 Å². The van der Waals surface area contributed by atoms with Crippen LogP contribution in [-0.4, -0.2) is 76.5 Å². The Hall–Kier alpha value is -3.42. The van der Waals surface area contributed by atoms with Crippen molar-refractivity contribution in [3.05, 3.63) is 0 Å². The van der Waals surface area contributed by atoms with E-state index >= 15 is 0 Å². The summed E-state index contributed by atoms with van der Waals surface area (Å²) in [5.74, 6) is -5.45. The van der Waals surface area contributed by atoms with Crippen LogP contribution in [0.4, 0.5) is 0 Å². The van der Waals surface area contributed by atoms with Gasteiger partial charge in [-0.15, -0.1) is 0 Å². The SMILES string of the molecule is CCC(C)C(NC(=O)C(N)CC(C)C)C(=O)NC(CC(=O)O)C(=O)NC(CCCN=C(N)N)C(=O)O. The average molecular weight is 516 g/mol. The Morgan fingerprint density at radius 3 is 1.94 bits per heavy atom.